The maximum atomic E-state index is 12.8. The zero-order valence-electron chi connectivity index (χ0n) is 13.6. The van der Waals surface area contributed by atoms with E-state index in [1.54, 1.807) is 29.2 Å². The van der Waals surface area contributed by atoms with Crippen LogP contribution in [0.1, 0.15) is 18.4 Å². The van der Waals surface area contributed by atoms with Gasteiger partial charge in [-0.1, -0.05) is 29.3 Å². The first kappa shape index (κ1) is 16.3. The fraction of sp³-hybridized carbons (Fsp3) is 0.389. The molecule has 0 unspecified atom stereocenters. The van der Waals surface area contributed by atoms with E-state index in [9.17, 15) is 9.59 Å². The summed E-state index contributed by atoms with van der Waals surface area (Å²) in [6.07, 6.45) is 4.72. The van der Waals surface area contributed by atoms with Crippen molar-refractivity contribution >= 4 is 40.7 Å². The highest BCUT2D eigenvalue weighted by Crippen LogP contribution is 2.49. The van der Waals surface area contributed by atoms with Gasteiger partial charge in [0.25, 0.3) is 0 Å². The number of benzene rings is 1. The van der Waals surface area contributed by atoms with E-state index in [1.807, 2.05) is 6.07 Å². The minimum atomic E-state index is -0.338. The third-order valence-electron chi connectivity index (χ3n) is 5.51. The summed E-state index contributed by atoms with van der Waals surface area (Å²) in [4.78, 5) is 26.9. The van der Waals surface area contributed by atoms with Crippen LogP contribution in [0.2, 0.25) is 10.0 Å². The van der Waals surface area contributed by atoms with E-state index in [2.05, 4.69) is 5.10 Å². The van der Waals surface area contributed by atoms with Crippen molar-refractivity contribution < 1.29 is 14.3 Å². The van der Waals surface area contributed by atoms with Crippen LogP contribution in [0.3, 0.4) is 0 Å². The Bertz CT molecular complexity index is 900. The number of anilines is 1. The molecule has 2 bridgehead atoms. The molecule has 3 fully saturated rings. The number of carbonyl (C=O) groups is 2. The van der Waals surface area contributed by atoms with Crippen molar-refractivity contribution in [1.29, 1.82) is 0 Å². The van der Waals surface area contributed by atoms with E-state index >= 15 is 0 Å². The number of fused-ring (bicyclic) bond motifs is 5. The number of rotatable bonds is 3. The van der Waals surface area contributed by atoms with Crippen LogP contribution in [0.4, 0.5) is 5.69 Å². The third kappa shape index (κ3) is 2.32. The van der Waals surface area contributed by atoms with Gasteiger partial charge < -0.3 is 4.74 Å². The molecule has 0 saturated carbocycles. The molecule has 2 amide bonds. The Labute approximate surface area is 159 Å². The van der Waals surface area contributed by atoms with E-state index in [-0.39, 0.29) is 35.9 Å². The number of aromatic nitrogens is 2. The largest absolute Gasteiger partial charge is 0.373 e. The predicted molar refractivity (Wildman–Crippen MR) is 95.2 cm³/mol. The van der Waals surface area contributed by atoms with Crippen molar-refractivity contribution in [2.45, 2.75) is 31.6 Å². The van der Waals surface area contributed by atoms with Gasteiger partial charge in [0.05, 0.1) is 42.5 Å². The van der Waals surface area contributed by atoms with Gasteiger partial charge in [0.2, 0.25) is 11.8 Å². The number of halogens is 2. The highest BCUT2D eigenvalue weighted by Gasteiger charge is 2.62. The normalized spacial score (nSPS) is 29.7. The lowest BCUT2D eigenvalue weighted by atomic mass is 9.81. The molecule has 3 aliphatic heterocycles. The van der Waals surface area contributed by atoms with Crippen molar-refractivity contribution in [3.8, 4) is 0 Å². The Hall–Kier alpha value is -1.89. The topological polar surface area (TPSA) is 64.4 Å². The molecular weight excluding hydrogens is 377 g/mol. The Morgan fingerprint density at radius 1 is 1.12 bits per heavy atom. The van der Waals surface area contributed by atoms with Crippen LogP contribution < -0.4 is 4.90 Å². The Morgan fingerprint density at radius 2 is 1.81 bits per heavy atom. The van der Waals surface area contributed by atoms with E-state index in [4.69, 9.17) is 27.9 Å². The minimum Gasteiger partial charge on any atom is -0.373 e. The molecule has 0 radical (unpaired) electrons. The maximum Gasteiger partial charge on any atom is 0.240 e. The summed E-state index contributed by atoms with van der Waals surface area (Å²) in [5.74, 6) is -1.02. The SMILES string of the molecule is O=C1[C@@H]2[C@@H](C(=O)N1c1cnn(Cc3ccc(Cl)cc3Cl)c1)[C@H]1CC[C@@H]2O1. The van der Waals surface area contributed by atoms with Gasteiger partial charge in [-0.15, -0.1) is 0 Å². The molecule has 0 spiro atoms. The molecule has 8 heteroatoms. The molecule has 4 atom stereocenters. The summed E-state index contributed by atoms with van der Waals surface area (Å²) in [5.41, 5.74) is 1.35. The second kappa shape index (κ2) is 5.81. The molecule has 3 saturated heterocycles. The number of hydrogen-bond donors (Lipinski definition) is 0. The molecule has 2 aromatic rings. The lowest BCUT2D eigenvalue weighted by Gasteiger charge is -2.15. The van der Waals surface area contributed by atoms with E-state index in [0.717, 1.165) is 18.4 Å². The number of nitrogens with zero attached hydrogens (tertiary/aromatic N) is 3. The van der Waals surface area contributed by atoms with E-state index in [0.29, 0.717) is 22.3 Å². The van der Waals surface area contributed by atoms with Crippen LogP contribution in [0.15, 0.2) is 30.6 Å². The van der Waals surface area contributed by atoms with E-state index < -0.39 is 0 Å². The maximum absolute atomic E-state index is 12.8. The van der Waals surface area contributed by atoms with Crippen molar-refractivity contribution in [2.75, 3.05) is 4.90 Å². The third-order valence-corrected chi connectivity index (χ3v) is 6.10. The molecule has 5 rings (SSSR count). The molecule has 1 aromatic heterocycles. The highest BCUT2D eigenvalue weighted by atomic mass is 35.5. The summed E-state index contributed by atoms with van der Waals surface area (Å²) < 4.78 is 7.41. The highest BCUT2D eigenvalue weighted by molar-refractivity contribution is 6.35. The summed E-state index contributed by atoms with van der Waals surface area (Å²) in [7, 11) is 0. The fourth-order valence-electron chi connectivity index (χ4n) is 4.35. The smallest absolute Gasteiger partial charge is 0.240 e. The molecule has 0 N–H and O–H groups in total. The summed E-state index contributed by atoms with van der Waals surface area (Å²) in [6.45, 7) is 0.424. The van der Waals surface area contributed by atoms with Gasteiger partial charge in [0, 0.05) is 16.2 Å². The lowest BCUT2D eigenvalue weighted by molar-refractivity contribution is -0.124. The van der Waals surface area contributed by atoms with Gasteiger partial charge in [-0.25, -0.2) is 4.90 Å². The first-order valence-corrected chi connectivity index (χ1v) is 9.28. The van der Waals surface area contributed by atoms with Gasteiger partial charge in [0.1, 0.15) is 0 Å². The molecule has 6 nitrogen and oxygen atoms in total. The van der Waals surface area contributed by atoms with Crippen molar-refractivity contribution in [2.24, 2.45) is 11.8 Å². The Morgan fingerprint density at radius 3 is 2.46 bits per heavy atom. The van der Waals surface area contributed by atoms with Crippen LogP contribution in [-0.4, -0.2) is 33.8 Å². The van der Waals surface area contributed by atoms with Crippen LogP contribution in [0.5, 0.6) is 0 Å². The van der Waals surface area contributed by atoms with Crippen molar-refractivity contribution in [3.63, 3.8) is 0 Å². The van der Waals surface area contributed by atoms with Gasteiger partial charge in [-0.3, -0.25) is 14.3 Å². The number of hydrogen-bond acceptors (Lipinski definition) is 4. The monoisotopic (exact) mass is 391 g/mol. The van der Waals surface area contributed by atoms with Gasteiger partial charge in [0.15, 0.2) is 0 Å². The second-order valence-electron chi connectivity index (χ2n) is 6.99. The zero-order chi connectivity index (χ0) is 18.0. The van der Waals surface area contributed by atoms with Crippen LogP contribution >= 0.6 is 23.2 Å². The fourth-order valence-corrected chi connectivity index (χ4v) is 4.81. The molecule has 4 heterocycles. The average molecular weight is 392 g/mol. The van der Waals surface area contributed by atoms with Crippen molar-refractivity contribution in [3.05, 3.63) is 46.2 Å². The van der Waals surface area contributed by atoms with Crippen LogP contribution in [0, 0.1) is 11.8 Å². The quantitative estimate of drug-likeness (QED) is 0.754. The number of imide groups is 1. The van der Waals surface area contributed by atoms with Crippen LogP contribution in [-0.2, 0) is 20.9 Å². The van der Waals surface area contributed by atoms with Gasteiger partial charge in [-0.2, -0.15) is 5.10 Å². The molecule has 0 aliphatic carbocycles. The second-order valence-corrected chi connectivity index (χ2v) is 7.83. The molecule has 26 heavy (non-hydrogen) atoms. The first-order valence-electron chi connectivity index (χ1n) is 8.52. The first-order chi connectivity index (χ1) is 12.5. The van der Waals surface area contributed by atoms with Crippen molar-refractivity contribution in [1.82, 2.24) is 9.78 Å². The van der Waals surface area contributed by atoms with Gasteiger partial charge in [-0.05, 0) is 30.5 Å². The Kier molecular flexibility index (Phi) is 3.64. The Balaban J connectivity index is 1.40. The molecule has 3 aliphatic rings. The zero-order valence-corrected chi connectivity index (χ0v) is 15.2. The van der Waals surface area contributed by atoms with Crippen LogP contribution in [0.25, 0.3) is 0 Å². The number of ether oxygens (including phenoxy) is 1. The molecule has 134 valence electrons. The molecular formula is C18H15Cl2N3O3. The summed E-state index contributed by atoms with van der Waals surface area (Å²) in [5, 5.41) is 5.40. The number of carbonyl (C=O) groups excluding carboxylic acids is 2. The summed E-state index contributed by atoms with van der Waals surface area (Å²) >= 11 is 12.1. The molecule has 1 aromatic carbocycles. The minimum absolute atomic E-state index is 0.116. The lowest BCUT2D eigenvalue weighted by Crippen LogP contribution is -2.34. The average Bonchev–Trinajstić information content (AvgIpc) is 3.35. The van der Waals surface area contributed by atoms with Gasteiger partial charge >= 0.3 is 0 Å². The predicted octanol–water partition coefficient (Wildman–Crippen LogP) is 2.91. The standard InChI is InChI=1S/C18H15Cl2N3O3/c19-10-2-1-9(12(20)5-10)7-22-8-11(6-21-22)23-17(24)15-13-3-4-14(26-13)16(15)18(23)25/h1-2,5-6,8,13-16H,3-4,7H2/t13-,14+,15-,16-/m0/s1. The van der Waals surface area contributed by atoms with E-state index in [1.165, 1.54) is 4.90 Å². The number of amides is 2. The summed E-state index contributed by atoms with van der Waals surface area (Å²) in [6, 6.07) is 5.27.